The lowest BCUT2D eigenvalue weighted by Crippen LogP contribution is -2.31. The second kappa shape index (κ2) is 6.60. The number of nitrogens with one attached hydrogen (secondary N) is 2. The van der Waals surface area contributed by atoms with Crippen LogP contribution >= 0.6 is 0 Å². The maximum absolute atomic E-state index is 13.6. The number of hydrogen-bond donors (Lipinski definition) is 2. The van der Waals surface area contributed by atoms with Crippen LogP contribution in [0.3, 0.4) is 0 Å². The van der Waals surface area contributed by atoms with Crippen LogP contribution in [-0.4, -0.2) is 35.0 Å². The van der Waals surface area contributed by atoms with Crippen LogP contribution in [0, 0.1) is 18.8 Å². The van der Waals surface area contributed by atoms with Crippen LogP contribution in [0.4, 0.5) is 4.39 Å². The molecule has 20 heavy (non-hydrogen) atoms. The van der Waals surface area contributed by atoms with Gasteiger partial charge in [0, 0.05) is 13.5 Å². The fraction of sp³-hybridized carbons (Fsp3) is 0.615. The van der Waals surface area contributed by atoms with Gasteiger partial charge in [0.1, 0.15) is 0 Å². The first-order chi connectivity index (χ1) is 9.58. The molecule has 2 heterocycles. The molecule has 0 spiro atoms. The van der Waals surface area contributed by atoms with E-state index in [1.54, 1.807) is 6.92 Å². The predicted molar refractivity (Wildman–Crippen MR) is 73.9 cm³/mol. The average Bonchev–Trinajstić information content (AvgIpc) is 2.66. The van der Waals surface area contributed by atoms with Gasteiger partial charge in [-0.25, -0.2) is 10.1 Å². The summed E-state index contributed by atoms with van der Waals surface area (Å²) in [6, 6.07) is 0. The molecule has 6 nitrogen and oxygen atoms in total. The lowest BCUT2D eigenvalue weighted by molar-refractivity contribution is -0.122. The van der Waals surface area contributed by atoms with Crippen molar-refractivity contribution in [2.75, 3.05) is 13.1 Å². The van der Waals surface area contributed by atoms with E-state index >= 15 is 0 Å². The summed E-state index contributed by atoms with van der Waals surface area (Å²) in [5.41, 5.74) is 3.29. The second-order valence-corrected chi connectivity index (χ2v) is 5.10. The van der Waals surface area contributed by atoms with E-state index in [2.05, 4.69) is 20.9 Å². The molecule has 1 aromatic heterocycles. The number of nitrogens with zero attached hydrogens (tertiary/aromatic N) is 3. The number of hydrogen-bond acceptors (Lipinski definition) is 4. The molecule has 0 aromatic carbocycles. The number of piperidine rings is 1. The number of aromatic nitrogens is 2. The van der Waals surface area contributed by atoms with Crippen molar-refractivity contribution in [2.45, 2.75) is 26.2 Å². The van der Waals surface area contributed by atoms with E-state index in [1.807, 2.05) is 0 Å². The molecule has 1 amide bonds. The Hall–Kier alpha value is -1.76. The minimum Gasteiger partial charge on any atom is -0.317 e. The summed E-state index contributed by atoms with van der Waals surface area (Å²) >= 11 is 0. The zero-order valence-electron chi connectivity index (χ0n) is 11.8. The first kappa shape index (κ1) is 14.6. The summed E-state index contributed by atoms with van der Waals surface area (Å²) in [4.78, 5) is 11.7. The highest BCUT2D eigenvalue weighted by Crippen LogP contribution is 2.15. The van der Waals surface area contributed by atoms with Gasteiger partial charge in [0.15, 0.2) is 0 Å². The second-order valence-electron chi connectivity index (χ2n) is 5.10. The molecule has 0 aliphatic carbocycles. The molecular weight excluding hydrogens is 261 g/mol. The summed E-state index contributed by atoms with van der Waals surface area (Å²) in [6.07, 6.45) is 3.78. The number of hydrazone groups is 1. The molecule has 1 saturated heterocycles. The van der Waals surface area contributed by atoms with Gasteiger partial charge >= 0.3 is 0 Å². The number of aryl methyl sites for hydroxylation is 2. The molecule has 1 fully saturated rings. The van der Waals surface area contributed by atoms with E-state index in [1.165, 1.54) is 13.3 Å². The Balaban J connectivity index is 1.84. The summed E-state index contributed by atoms with van der Waals surface area (Å²) in [5, 5.41) is 11.0. The molecule has 2 rings (SSSR count). The van der Waals surface area contributed by atoms with E-state index in [9.17, 15) is 9.18 Å². The maximum Gasteiger partial charge on any atom is 0.240 e. The topological polar surface area (TPSA) is 71.3 Å². The Bertz CT molecular complexity index is 505. The summed E-state index contributed by atoms with van der Waals surface area (Å²) in [5.74, 6) is -0.183. The maximum atomic E-state index is 13.6. The Labute approximate surface area is 117 Å². The Kier molecular flexibility index (Phi) is 4.84. The predicted octanol–water partition coefficient (Wildman–Crippen LogP) is 0.707. The Morgan fingerprint density at radius 1 is 1.60 bits per heavy atom. The fourth-order valence-corrected chi connectivity index (χ4v) is 2.36. The van der Waals surface area contributed by atoms with E-state index in [0.717, 1.165) is 30.6 Å². The number of halogens is 1. The van der Waals surface area contributed by atoms with Crippen LogP contribution < -0.4 is 10.7 Å². The normalized spacial score (nSPS) is 16.8. The zero-order chi connectivity index (χ0) is 14.5. The first-order valence-electron chi connectivity index (χ1n) is 6.79. The van der Waals surface area contributed by atoms with Gasteiger partial charge < -0.3 is 5.32 Å². The van der Waals surface area contributed by atoms with Gasteiger partial charge in [0.25, 0.3) is 0 Å². The van der Waals surface area contributed by atoms with E-state index in [4.69, 9.17) is 0 Å². The van der Waals surface area contributed by atoms with Gasteiger partial charge in [-0.1, -0.05) is 0 Å². The highest BCUT2D eigenvalue weighted by Gasteiger charge is 2.16. The van der Waals surface area contributed by atoms with Crippen LogP contribution in [0.5, 0.6) is 0 Å². The number of carbonyl (C=O) groups excluding carboxylic acids is 1. The highest BCUT2D eigenvalue weighted by atomic mass is 19.1. The van der Waals surface area contributed by atoms with Crippen LogP contribution in [0.2, 0.25) is 0 Å². The van der Waals surface area contributed by atoms with Crippen molar-refractivity contribution >= 4 is 12.1 Å². The van der Waals surface area contributed by atoms with E-state index < -0.39 is 5.95 Å². The van der Waals surface area contributed by atoms with Gasteiger partial charge in [-0.2, -0.15) is 14.6 Å². The van der Waals surface area contributed by atoms with Crippen molar-refractivity contribution in [3.8, 4) is 0 Å². The monoisotopic (exact) mass is 281 g/mol. The standard InChI is InChI=1S/C13H20FN5O/c1-9-11(13(14)19(2)18-9)8-16-17-12(20)7-10-3-5-15-6-4-10/h8,10,15H,3-7H2,1-2H3,(H,17,20). The SMILES string of the molecule is Cc1nn(C)c(F)c1C=NNC(=O)CC1CCNCC1. The van der Waals surface area contributed by atoms with Crippen molar-refractivity contribution in [2.24, 2.45) is 18.1 Å². The van der Waals surface area contributed by atoms with Crippen molar-refractivity contribution in [3.63, 3.8) is 0 Å². The van der Waals surface area contributed by atoms with Gasteiger partial charge in [-0.3, -0.25) is 4.79 Å². The Morgan fingerprint density at radius 2 is 2.30 bits per heavy atom. The van der Waals surface area contributed by atoms with Gasteiger partial charge in [0.2, 0.25) is 11.9 Å². The quantitative estimate of drug-likeness (QED) is 0.630. The zero-order valence-corrected chi connectivity index (χ0v) is 11.8. The number of rotatable bonds is 4. The van der Waals surface area contributed by atoms with Gasteiger partial charge in [-0.05, 0) is 38.8 Å². The largest absolute Gasteiger partial charge is 0.317 e. The number of amides is 1. The molecule has 0 bridgehead atoms. The minimum absolute atomic E-state index is 0.130. The van der Waals surface area contributed by atoms with Gasteiger partial charge in [-0.15, -0.1) is 0 Å². The van der Waals surface area contributed by atoms with E-state index in [0.29, 0.717) is 23.6 Å². The lowest BCUT2D eigenvalue weighted by atomic mass is 9.94. The molecule has 0 atom stereocenters. The van der Waals surface area contributed by atoms with Crippen molar-refractivity contribution in [3.05, 3.63) is 17.2 Å². The molecule has 1 aliphatic rings. The average molecular weight is 281 g/mol. The molecule has 0 radical (unpaired) electrons. The molecule has 0 saturated carbocycles. The lowest BCUT2D eigenvalue weighted by Gasteiger charge is -2.21. The molecular formula is C13H20FN5O. The highest BCUT2D eigenvalue weighted by molar-refractivity contribution is 5.83. The third-order valence-electron chi connectivity index (χ3n) is 3.51. The molecule has 7 heteroatoms. The fourth-order valence-electron chi connectivity index (χ4n) is 2.36. The van der Waals surface area contributed by atoms with Crippen molar-refractivity contribution in [1.29, 1.82) is 0 Å². The van der Waals surface area contributed by atoms with Crippen molar-refractivity contribution < 1.29 is 9.18 Å². The van der Waals surface area contributed by atoms with Gasteiger partial charge in [0.05, 0.1) is 17.5 Å². The number of carbonyl (C=O) groups is 1. The van der Waals surface area contributed by atoms with Crippen LogP contribution in [0.1, 0.15) is 30.5 Å². The smallest absolute Gasteiger partial charge is 0.240 e. The molecule has 1 aliphatic heterocycles. The van der Waals surface area contributed by atoms with Crippen LogP contribution in [-0.2, 0) is 11.8 Å². The van der Waals surface area contributed by atoms with Crippen LogP contribution in [0.25, 0.3) is 0 Å². The van der Waals surface area contributed by atoms with Crippen LogP contribution in [0.15, 0.2) is 5.10 Å². The first-order valence-corrected chi connectivity index (χ1v) is 6.79. The molecule has 2 N–H and O–H groups in total. The molecule has 110 valence electrons. The third-order valence-corrected chi connectivity index (χ3v) is 3.51. The summed E-state index contributed by atoms with van der Waals surface area (Å²) in [6.45, 7) is 3.61. The van der Waals surface area contributed by atoms with Crippen molar-refractivity contribution in [1.82, 2.24) is 20.5 Å². The summed E-state index contributed by atoms with van der Waals surface area (Å²) in [7, 11) is 1.52. The third kappa shape index (κ3) is 3.63. The molecule has 0 unspecified atom stereocenters. The Morgan fingerprint density at radius 3 is 2.90 bits per heavy atom. The summed E-state index contributed by atoms with van der Waals surface area (Å²) < 4.78 is 14.8. The van der Waals surface area contributed by atoms with E-state index in [-0.39, 0.29) is 5.91 Å². The molecule has 1 aromatic rings. The minimum atomic E-state index is -0.459.